The topological polar surface area (TPSA) is 0 Å². The lowest BCUT2D eigenvalue weighted by Crippen LogP contribution is -1.96. The van der Waals surface area contributed by atoms with Crippen LogP contribution in [0.3, 0.4) is 0 Å². The molecule has 0 aliphatic carbocycles. The van der Waals surface area contributed by atoms with E-state index in [4.69, 9.17) is 0 Å². The lowest BCUT2D eigenvalue weighted by Gasteiger charge is -2.11. The van der Waals surface area contributed by atoms with E-state index in [1.165, 1.54) is 0 Å². The monoisotopic (exact) mass is 170 g/mol. The molecule has 0 bridgehead atoms. The summed E-state index contributed by atoms with van der Waals surface area (Å²) < 4.78 is 13.5. The lowest BCUT2D eigenvalue weighted by atomic mass is 9.97. The van der Waals surface area contributed by atoms with Crippen molar-refractivity contribution in [1.29, 1.82) is 0 Å². The molecule has 0 aromatic carbocycles. The molecular weight excluding hydrogens is 151 g/mol. The van der Waals surface area contributed by atoms with Crippen LogP contribution in [0.5, 0.6) is 0 Å². The molecule has 0 amide bonds. The fourth-order valence-electron chi connectivity index (χ4n) is 1.20. The summed E-state index contributed by atoms with van der Waals surface area (Å²) in [5.41, 5.74) is 1.67. The van der Waals surface area contributed by atoms with Crippen LogP contribution in [0.15, 0.2) is 23.0 Å². The molecule has 0 nitrogen and oxygen atoms in total. The molecule has 0 saturated carbocycles. The van der Waals surface area contributed by atoms with Gasteiger partial charge in [0, 0.05) is 0 Å². The van der Waals surface area contributed by atoms with Crippen molar-refractivity contribution in [2.45, 2.75) is 41.0 Å². The van der Waals surface area contributed by atoms with Gasteiger partial charge in [0.25, 0.3) is 0 Å². The summed E-state index contributed by atoms with van der Waals surface area (Å²) in [4.78, 5) is 0. The van der Waals surface area contributed by atoms with Crippen molar-refractivity contribution in [3.8, 4) is 0 Å². The third kappa shape index (κ3) is 2.80. The Morgan fingerprint density at radius 3 is 2.17 bits per heavy atom. The minimum Gasteiger partial charge on any atom is -0.207 e. The van der Waals surface area contributed by atoms with Gasteiger partial charge in [-0.15, -0.1) is 0 Å². The predicted molar refractivity (Wildman–Crippen MR) is 52.7 cm³/mol. The summed E-state index contributed by atoms with van der Waals surface area (Å²) in [6, 6.07) is 0. The molecule has 0 N–H and O–H groups in total. The molecule has 0 aliphatic rings. The average molecular weight is 170 g/mol. The zero-order valence-corrected chi connectivity index (χ0v) is 8.74. The van der Waals surface area contributed by atoms with Gasteiger partial charge in [-0.3, -0.25) is 0 Å². The second kappa shape index (κ2) is 5.13. The molecule has 0 atom stereocenters. The molecular formula is C11H19F. The van der Waals surface area contributed by atoms with E-state index in [1.807, 2.05) is 40.7 Å². The van der Waals surface area contributed by atoms with Crippen molar-refractivity contribution >= 4 is 0 Å². The Kier molecular flexibility index (Phi) is 4.87. The number of halogens is 1. The molecule has 0 rings (SSSR count). The fraction of sp³-hybridized carbons (Fsp3) is 0.636. The highest BCUT2D eigenvalue weighted by Crippen LogP contribution is 2.24. The maximum Gasteiger partial charge on any atom is 0.125 e. The summed E-state index contributed by atoms with van der Waals surface area (Å²) in [7, 11) is 0. The lowest BCUT2D eigenvalue weighted by molar-refractivity contribution is 0.592. The summed E-state index contributed by atoms with van der Waals surface area (Å²) in [5.74, 6) is 0.292. The smallest absolute Gasteiger partial charge is 0.125 e. The van der Waals surface area contributed by atoms with Crippen molar-refractivity contribution in [3.63, 3.8) is 0 Å². The first-order chi connectivity index (χ1) is 5.54. The van der Waals surface area contributed by atoms with Crippen molar-refractivity contribution in [1.82, 2.24) is 0 Å². The molecule has 1 heteroatoms. The van der Waals surface area contributed by atoms with E-state index >= 15 is 0 Å². The number of allylic oxidation sites excluding steroid dienone is 4. The summed E-state index contributed by atoms with van der Waals surface area (Å²) in [6.07, 6.45) is 2.61. The van der Waals surface area contributed by atoms with Crippen LogP contribution in [0.2, 0.25) is 0 Å². The van der Waals surface area contributed by atoms with Gasteiger partial charge in [-0.1, -0.05) is 26.8 Å². The number of hydrogen-bond acceptors (Lipinski definition) is 0. The van der Waals surface area contributed by atoms with Gasteiger partial charge in [-0.05, 0) is 37.3 Å². The zero-order chi connectivity index (χ0) is 9.72. The minimum absolute atomic E-state index is 0.0185. The Morgan fingerprint density at radius 2 is 1.92 bits per heavy atom. The van der Waals surface area contributed by atoms with Gasteiger partial charge in [-0.25, -0.2) is 4.39 Å². The van der Waals surface area contributed by atoms with E-state index in [9.17, 15) is 4.39 Å². The van der Waals surface area contributed by atoms with Crippen molar-refractivity contribution in [2.75, 3.05) is 0 Å². The van der Waals surface area contributed by atoms with Gasteiger partial charge in [0.05, 0.1) is 0 Å². The SMILES string of the molecule is C/C=C(C)\C(F)=C(/CC)C(C)C. The Morgan fingerprint density at radius 1 is 1.42 bits per heavy atom. The first-order valence-electron chi connectivity index (χ1n) is 4.56. The van der Waals surface area contributed by atoms with Crippen molar-refractivity contribution in [2.24, 2.45) is 5.92 Å². The molecule has 70 valence electrons. The van der Waals surface area contributed by atoms with Crippen LogP contribution in [0.4, 0.5) is 4.39 Å². The molecule has 0 spiro atoms. The Bertz CT molecular complexity index is 197. The Balaban J connectivity index is 4.84. The van der Waals surface area contributed by atoms with E-state index in [1.54, 1.807) is 0 Å². The van der Waals surface area contributed by atoms with E-state index in [0.717, 1.165) is 17.6 Å². The van der Waals surface area contributed by atoms with Gasteiger partial charge in [0.15, 0.2) is 0 Å². The highest BCUT2D eigenvalue weighted by Gasteiger charge is 2.09. The maximum atomic E-state index is 13.5. The second-order valence-corrected chi connectivity index (χ2v) is 3.32. The molecule has 0 unspecified atom stereocenters. The van der Waals surface area contributed by atoms with Gasteiger partial charge in [0.2, 0.25) is 0 Å². The van der Waals surface area contributed by atoms with E-state index in [-0.39, 0.29) is 5.83 Å². The van der Waals surface area contributed by atoms with Crippen LogP contribution >= 0.6 is 0 Å². The van der Waals surface area contributed by atoms with Gasteiger partial charge < -0.3 is 0 Å². The standard InChI is InChI=1S/C11H19F/c1-6-9(5)11(12)10(7-2)8(3)4/h6,8H,7H2,1-5H3/b9-6-,11-10-. The third-order valence-corrected chi connectivity index (χ3v) is 2.14. The molecule has 0 fully saturated rings. The molecule has 0 saturated heterocycles. The predicted octanol–water partition coefficient (Wildman–Crippen LogP) is 4.24. The van der Waals surface area contributed by atoms with Crippen LogP contribution in [-0.4, -0.2) is 0 Å². The Labute approximate surface area is 75.2 Å². The van der Waals surface area contributed by atoms with Gasteiger partial charge in [-0.2, -0.15) is 0 Å². The summed E-state index contributed by atoms with van der Waals surface area (Å²) in [5, 5.41) is 0. The van der Waals surface area contributed by atoms with E-state index in [0.29, 0.717) is 5.92 Å². The molecule has 0 heterocycles. The quantitative estimate of drug-likeness (QED) is 0.556. The van der Waals surface area contributed by atoms with Crippen LogP contribution in [-0.2, 0) is 0 Å². The average Bonchev–Trinajstić information content (AvgIpc) is 2.03. The third-order valence-electron chi connectivity index (χ3n) is 2.14. The van der Waals surface area contributed by atoms with Gasteiger partial charge in [0.1, 0.15) is 5.83 Å². The van der Waals surface area contributed by atoms with Crippen LogP contribution in [0, 0.1) is 5.92 Å². The van der Waals surface area contributed by atoms with Gasteiger partial charge >= 0.3 is 0 Å². The highest BCUT2D eigenvalue weighted by atomic mass is 19.1. The molecule has 0 aliphatic heterocycles. The minimum atomic E-state index is -0.0185. The summed E-state index contributed by atoms with van der Waals surface area (Å²) in [6.45, 7) is 9.73. The molecule has 0 aromatic heterocycles. The summed E-state index contributed by atoms with van der Waals surface area (Å²) >= 11 is 0. The molecule has 0 radical (unpaired) electrons. The maximum absolute atomic E-state index is 13.5. The second-order valence-electron chi connectivity index (χ2n) is 3.32. The number of rotatable bonds is 3. The Hall–Kier alpha value is -0.590. The number of hydrogen-bond donors (Lipinski definition) is 0. The zero-order valence-electron chi connectivity index (χ0n) is 8.74. The highest BCUT2D eigenvalue weighted by molar-refractivity contribution is 5.28. The molecule has 0 aromatic rings. The van der Waals surface area contributed by atoms with E-state index < -0.39 is 0 Å². The normalized spacial score (nSPS) is 15.1. The molecule has 12 heavy (non-hydrogen) atoms. The van der Waals surface area contributed by atoms with E-state index in [2.05, 4.69) is 0 Å². The fourth-order valence-corrected chi connectivity index (χ4v) is 1.20. The van der Waals surface area contributed by atoms with Crippen LogP contribution in [0.1, 0.15) is 41.0 Å². The van der Waals surface area contributed by atoms with Crippen molar-refractivity contribution < 1.29 is 4.39 Å². The first-order valence-corrected chi connectivity index (χ1v) is 4.56. The first kappa shape index (κ1) is 11.4. The van der Waals surface area contributed by atoms with Crippen molar-refractivity contribution in [3.05, 3.63) is 23.0 Å². The van der Waals surface area contributed by atoms with Crippen LogP contribution in [0.25, 0.3) is 0 Å². The largest absolute Gasteiger partial charge is 0.207 e. The van der Waals surface area contributed by atoms with Crippen LogP contribution < -0.4 is 0 Å².